The molecular formula is C10H16O3. The predicted octanol–water partition coefficient (Wildman–Crippen LogP) is 1.40. The lowest BCUT2D eigenvalue weighted by Crippen LogP contribution is -2.47. The Labute approximate surface area is 77.8 Å². The summed E-state index contributed by atoms with van der Waals surface area (Å²) < 4.78 is 0. The standard InChI is InChI=1S/C10H16O3/c11-7-9-1-4-10(5-2-9,6-3-9)8(12)13/h11H,1-7H2,(H,12,13). The third-order valence-electron chi connectivity index (χ3n) is 4.19. The van der Waals surface area contributed by atoms with Crippen molar-refractivity contribution in [1.82, 2.24) is 0 Å². The van der Waals surface area contributed by atoms with E-state index < -0.39 is 11.4 Å². The molecule has 0 aliphatic heterocycles. The maximum atomic E-state index is 11.1. The zero-order valence-corrected chi connectivity index (χ0v) is 7.75. The second-order valence-electron chi connectivity index (χ2n) is 4.74. The molecule has 0 amide bonds. The Morgan fingerprint density at radius 1 is 1.08 bits per heavy atom. The van der Waals surface area contributed by atoms with Gasteiger partial charge in [0.25, 0.3) is 0 Å². The van der Waals surface area contributed by atoms with Crippen LogP contribution in [0.15, 0.2) is 0 Å². The van der Waals surface area contributed by atoms with Gasteiger partial charge in [-0.2, -0.15) is 0 Å². The first kappa shape index (κ1) is 9.00. The van der Waals surface area contributed by atoms with Gasteiger partial charge in [0.15, 0.2) is 0 Å². The smallest absolute Gasteiger partial charge is 0.309 e. The van der Waals surface area contributed by atoms with Crippen molar-refractivity contribution in [2.75, 3.05) is 6.61 Å². The Morgan fingerprint density at radius 3 is 1.85 bits per heavy atom. The van der Waals surface area contributed by atoms with E-state index in [1.54, 1.807) is 0 Å². The van der Waals surface area contributed by atoms with Crippen LogP contribution in [0, 0.1) is 10.8 Å². The summed E-state index contributed by atoms with van der Waals surface area (Å²) in [5, 5.41) is 18.3. The second-order valence-corrected chi connectivity index (χ2v) is 4.74. The molecule has 13 heavy (non-hydrogen) atoms. The van der Waals surface area contributed by atoms with Crippen LogP contribution < -0.4 is 0 Å². The van der Waals surface area contributed by atoms with E-state index in [0.717, 1.165) is 38.5 Å². The van der Waals surface area contributed by atoms with E-state index in [0.29, 0.717) is 0 Å². The molecule has 0 saturated heterocycles. The Hall–Kier alpha value is -0.570. The Balaban J connectivity index is 2.16. The van der Waals surface area contributed by atoms with Crippen LogP contribution in [0.1, 0.15) is 38.5 Å². The van der Waals surface area contributed by atoms with Crippen molar-refractivity contribution in [3.8, 4) is 0 Å². The number of aliphatic carboxylic acids is 1. The molecule has 3 nitrogen and oxygen atoms in total. The Kier molecular flexibility index (Phi) is 1.88. The molecule has 3 heteroatoms. The van der Waals surface area contributed by atoms with Crippen LogP contribution in [-0.2, 0) is 4.79 Å². The van der Waals surface area contributed by atoms with Crippen LogP contribution in [0.4, 0.5) is 0 Å². The van der Waals surface area contributed by atoms with Gasteiger partial charge in [0.2, 0.25) is 0 Å². The monoisotopic (exact) mass is 184 g/mol. The molecule has 0 unspecified atom stereocenters. The number of aliphatic hydroxyl groups excluding tert-OH is 1. The molecule has 0 heterocycles. The van der Waals surface area contributed by atoms with Crippen molar-refractivity contribution in [2.24, 2.45) is 10.8 Å². The zero-order chi connectivity index (χ0) is 9.53. The Bertz CT molecular complexity index is 210. The normalized spacial score (nSPS) is 43.5. The third kappa shape index (κ3) is 1.17. The molecule has 3 aliphatic carbocycles. The van der Waals surface area contributed by atoms with Gasteiger partial charge in [0.1, 0.15) is 0 Å². The van der Waals surface area contributed by atoms with Crippen molar-refractivity contribution in [3.63, 3.8) is 0 Å². The minimum absolute atomic E-state index is 0.0806. The minimum Gasteiger partial charge on any atom is -0.481 e. The van der Waals surface area contributed by atoms with Crippen molar-refractivity contribution in [1.29, 1.82) is 0 Å². The largest absolute Gasteiger partial charge is 0.481 e. The minimum atomic E-state index is -0.626. The fourth-order valence-corrected chi connectivity index (χ4v) is 2.82. The first-order valence-corrected chi connectivity index (χ1v) is 4.97. The molecule has 3 fully saturated rings. The van der Waals surface area contributed by atoms with Gasteiger partial charge >= 0.3 is 5.97 Å². The van der Waals surface area contributed by atoms with Crippen molar-refractivity contribution in [3.05, 3.63) is 0 Å². The molecular weight excluding hydrogens is 168 g/mol. The first-order valence-electron chi connectivity index (χ1n) is 4.97. The molecule has 3 saturated carbocycles. The SMILES string of the molecule is O=C(O)C12CCC(CO)(CC1)CC2. The zero-order valence-electron chi connectivity index (χ0n) is 7.75. The van der Waals surface area contributed by atoms with Gasteiger partial charge in [0.05, 0.1) is 5.41 Å². The van der Waals surface area contributed by atoms with Gasteiger partial charge in [-0.25, -0.2) is 0 Å². The number of hydrogen-bond acceptors (Lipinski definition) is 2. The van der Waals surface area contributed by atoms with E-state index in [1.807, 2.05) is 0 Å². The number of hydrogen-bond donors (Lipinski definition) is 2. The fourth-order valence-electron chi connectivity index (χ4n) is 2.82. The Morgan fingerprint density at radius 2 is 1.54 bits per heavy atom. The average Bonchev–Trinajstić information content (AvgIpc) is 2.20. The highest BCUT2D eigenvalue weighted by Crippen LogP contribution is 2.56. The number of carboxylic acid groups (broad SMARTS) is 1. The van der Waals surface area contributed by atoms with E-state index in [1.165, 1.54) is 0 Å². The van der Waals surface area contributed by atoms with Gasteiger partial charge in [-0.05, 0) is 43.9 Å². The maximum absolute atomic E-state index is 11.1. The fraction of sp³-hybridized carbons (Fsp3) is 0.900. The molecule has 0 atom stereocenters. The molecule has 2 bridgehead atoms. The van der Waals surface area contributed by atoms with Crippen molar-refractivity contribution < 1.29 is 15.0 Å². The van der Waals surface area contributed by atoms with Gasteiger partial charge in [0, 0.05) is 6.61 Å². The first-order chi connectivity index (χ1) is 6.13. The molecule has 0 spiro atoms. The number of aliphatic hydroxyl groups is 1. The van der Waals surface area contributed by atoms with Crippen LogP contribution in [-0.4, -0.2) is 22.8 Å². The highest BCUT2D eigenvalue weighted by molar-refractivity contribution is 5.75. The predicted molar refractivity (Wildman–Crippen MR) is 47.3 cm³/mol. The van der Waals surface area contributed by atoms with E-state index >= 15 is 0 Å². The van der Waals surface area contributed by atoms with Gasteiger partial charge in [-0.15, -0.1) is 0 Å². The summed E-state index contributed by atoms with van der Waals surface area (Å²) in [6, 6.07) is 0. The molecule has 2 N–H and O–H groups in total. The summed E-state index contributed by atoms with van der Waals surface area (Å²) in [4.78, 5) is 11.1. The van der Waals surface area contributed by atoms with Crippen LogP contribution in [0.25, 0.3) is 0 Å². The maximum Gasteiger partial charge on any atom is 0.309 e. The molecule has 0 radical (unpaired) electrons. The topological polar surface area (TPSA) is 57.5 Å². The molecule has 0 aromatic heterocycles. The van der Waals surface area contributed by atoms with E-state index in [-0.39, 0.29) is 12.0 Å². The lowest BCUT2D eigenvalue weighted by Gasteiger charge is -2.50. The highest BCUT2D eigenvalue weighted by atomic mass is 16.4. The van der Waals surface area contributed by atoms with E-state index in [2.05, 4.69) is 0 Å². The summed E-state index contributed by atoms with van der Waals surface area (Å²) in [7, 11) is 0. The third-order valence-corrected chi connectivity index (χ3v) is 4.19. The van der Waals surface area contributed by atoms with Crippen molar-refractivity contribution in [2.45, 2.75) is 38.5 Å². The van der Waals surface area contributed by atoms with E-state index in [4.69, 9.17) is 5.11 Å². The van der Waals surface area contributed by atoms with Gasteiger partial charge in [-0.3, -0.25) is 4.79 Å². The molecule has 0 aromatic rings. The summed E-state index contributed by atoms with van der Waals surface area (Å²) in [5.41, 5.74) is -0.353. The summed E-state index contributed by atoms with van der Waals surface area (Å²) >= 11 is 0. The quantitative estimate of drug-likeness (QED) is 0.682. The van der Waals surface area contributed by atoms with Gasteiger partial charge < -0.3 is 10.2 Å². The van der Waals surface area contributed by atoms with Crippen LogP contribution >= 0.6 is 0 Å². The van der Waals surface area contributed by atoms with Crippen molar-refractivity contribution >= 4 is 5.97 Å². The number of carboxylic acids is 1. The molecule has 74 valence electrons. The molecule has 0 aromatic carbocycles. The van der Waals surface area contributed by atoms with Crippen LogP contribution in [0.2, 0.25) is 0 Å². The van der Waals surface area contributed by atoms with E-state index in [9.17, 15) is 9.90 Å². The number of fused-ring (bicyclic) bond motifs is 3. The molecule has 3 rings (SSSR count). The lowest BCUT2D eigenvalue weighted by atomic mass is 9.54. The summed E-state index contributed by atoms with van der Waals surface area (Å²) in [6.45, 7) is 0.239. The second kappa shape index (κ2) is 2.71. The van der Waals surface area contributed by atoms with Crippen LogP contribution in [0.3, 0.4) is 0 Å². The van der Waals surface area contributed by atoms with Gasteiger partial charge in [-0.1, -0.05) is 0 Å². The summed E-state index contributed by atoms with van der Waals surface area (Å²) in [5.74, 6) is -0.626. The lowest BCUT2D eigenvalue weighted by molar-refractivity contribution is -0.160. The van der Waals surface area contributed by atoms with Crippen LogP contribution in [0.5, 0.6) is 0 Å². The molecule has 3 aliphatic rings. The number of carbonyl (C=O) groups is 1. The highest BCUT2D eigenvalue weighted by Gasteiger charge is 2.52. The average molecular weight is 184 g/mol. The number of rotatable bonds is 2. The summed E-state index contributed by atoms with van der Waals surface area (Å²) in [6.07, 6.45) is 5.00.